The van der Waals surface area contributed by atoms with E-state index >= 15 is 0 Å². The average Bonchev–Trinajstić information content (AvgIpc) is 3.18. The molecule has 0 saturated carbocycles. The second-order valence-electron chi connectivity index (χ2n) is 7.92. The zero-order valence-corrected chi connectivity index (χ0v) is 17.3. The largest absolute Gasteiger partial charge is 0.353 e. The third-order valence-electron chi connectivity index (χ3n) is 5.78. The van der Waals surface area contributed by atoms with E-state index in [1.54, 1.807) is 6.92 Å². The lowest BCUT2D eigenvalue weighted by Crippen LogP contribution is -2.46. The standard InChI is InChI=1S/C22H25N7O/c1-3-17-13-29-14-21(24-11-20(29)25-17)28-6-4-27(5-7-28)12-16-9-19-18(23-10-16)8-15(2)22(30)26-19/h8-11,13-14H,3-7,12H2,1-2H3,(H,26,30). The zero-order chi connectivity index (χ0) is 20.7. The van der Waals surface area contributed by atoms with Crippen molar-refractivity contribution in [3.63, 3.8) is 0 Å². The van der Waals surface area contributed by atoms with Gasteiger partial charge in [0.25, 0.3) is 5.56 Å². The van der Waals surface area contributed by atoms with E-state index in [1.807, 2.05) is 24.5 Å². The van der Waals surface area contributed by atoms with Crippen LogP contribution in [0.15, 0.2) is 41.7 Å². The average molecular weight is 403 g/mol. The molecule has 1 fully saturated rings. The SMILES string of the molecule is CCc1cn2cc(N3CCN(Cc4cnc5cc(C)c(=O)[nH]c5c4)CC3)ncc2n1. The summed E-state index contributed by atoms with van der Waals surface area (Å²) in [5.41, 5.74) is 5.35. The highest BCUT2D eigenvalue weighted by Crippen LogP contribution is 2.17. The molecule has 0 spiro atoms. The fourth-order valence-electron chi connectivity index (χ4n) is 3.98. The number of piperazine rings is 1. The second kappa shape index (κ2) is 7.53. The number of rotatable bonds is 4. The Kier molecular flexibility index (Phi) is 4.71. The van der Waals surface area contributed by atoms with Gasteiger partial charge in [0.05, 0.1) is 29.1 Å². The summed E-state index contributed by atoms with van der Waals surface area (Å²) in [4.78, 5) is 33.2. The molecule has 0 bridgehead atoms. The molecule has 30 heavy (non-hydrogen) atoms. The van der Waals surface area contributed by atoms with Crippen molar-refractivity contribution in [1.82, 2.24) is 29.2 Å². The number of fused-ring (bicyclic) bond motifs is 2. The van der Waals surface area contributed by atoms with Crippen LogP contribution < -0.4 is 10.5 Å². The van der Waals surface area contributed by atoms with Gasteiger partial charge in [0.2, 0.25) is 0 Å². The second-order valence-corrected chi connectivity index (χ2v) is 7.92. The number of aromatic amines is 1. The summed E-state index contributed by atoms with van der Waals surface area (Å²) in [7, 11) is 0. The fourth-order valence-corrected chi connectivity index (χ4v) is 3.98. The van der Waals surface area contributed by atoms with Gasteiger partial charge in [-0.3, -0.25) is 14.7 Å². The minimum atomic E-state index is -0.0523. The fraction of sp³-hybridized carbons (Fsp3) is 0.364. The molecule has 0 aliphatic carbocycles. The quantitative estimate of drug-likeness (QED) is 0.562. The van der Waals surface area contributed by atoms with Crippen molar-refractivity contribution in [2.24, 2.45) is 0 Å². The Morgan fingerprint density at radius 2 is 1.90 bits per heavy atom. The Morgan fingerprint density at radius 1 is 1.07 bits per heavy atom. The number of hydrogen-bond donors (Lipinski definition) is 1. The molecule has 4 aromatic heterocycles. The van der Waals surface area contributed by atoms with E-state index in [2.05, 4.69) is 53.5 Å². The molecular formula is C22H25N7O. The Labute approximate surface area is 174 Å². The number of nitrogens with zero attached hydrogens (tertiary/aromatic N) is 6. The van der Waals surface area contributed by atoms with Crippen LogP contribution in [0.5, 0.6) is 0 Å². The molecule has 1 aliphatic rings. The number of imidazole rings is 1. The molecular weight excluding hydrogens is 378 g/mol. The van der Waals surface area contributed by atoms with Crippen LogP contribution in [0, 0.1) is 6.92 Å². The Morgan fingerprint density at radius 3 is 2.70 bits per heavy atom. The normalized spacial score (nSPS) is 15.3. The summed E-state index contributed by atoms with van der Waals surface area (Å²) < 4.78 is 2.07. The molecule has 5 heterocycles. The lowest BCUT2D eigenvalue weighted by molar-refractivity contribution is 0.249. The van der Waals surface area contributed by atoms with Crippen LogP contribution >= 0.6 is 0 Å². The highest BCUT2D eigenvalue weighted by Gasteiger charge is 2.19. The Balaban J connectivity index is 1.26. The molecule has 5 rings (SSSR count). The molecule has 1 N–H and O–H groups in total. The molecule has 1 aliphatic heterocycles. The van der Waals surface area contributed by atoms with Crippen LogP contribution in [-0.2, 0) is 13.0 Å². The molecule has 0 aromatic carbocycles. The van der Waals surface area contributed by atoms with Crippen molar-refractivity contribution in [2.75, 3.05) is 31.1 Å². The minimum absolute atomic E-state index is 0.0523. The minimum Gasteiger partial charge on any atom is -0.353 e. The first-order valence-corrected chi connectivity index (χ1v) is 10.4. The number of aryl methyl sites for hydroxylation is 2. The van der Waals surface area contributed by atoms with Crippen molar-refractivity contribution in [3.05, 3.63) is 64.1 Å². The van der Waals surface area contributed by atoms with E-state index in [-0.39, 0.29) is 5.56 Å². The summed E-state index contributed by atoms with van der Waals surface area (Å²) in [5.74, 6) is 0.988. The van der Waals surface area contributed by atoms with Crippen molar-refractivity contribution in [2.45, 2.75) is 26.8 Å². The molecule has 0 amide bonds. The van der Waals surface area contributed by atoms with Crippen molar-refractivity contribution in [3.8, 4) is 0 Å². The summed E-state index contributed by atoms with van der Waals surface area (Å²) in [6, 6.07) is 3.87. The molecule has 0 atom stereocenters. The monoisotopic (exact) mass is 403 g/mol. The van der Waals surface area contributed by atoms with Crippen LogP contribution in [0.25, 0.3) is 16.7 Å². The molecule has 1 saturated heterocycles. The van der Waals surface area contributed by atoms with Gasteiger partial charge in [-0.25, -0.2) is 9.97 Å². The predicted molar refractivity (Wildman–Crippen MR) is 117 cm³/mol. The summed E-state index contributed by atoms with van der Waals surface area (Å²) in [5, 5.41) is 0. The lowest BCUT2D eigenvalue weighted by atomic mass is 10.2. The van der Waals surface area contributed by atoms with Gasteiger partial charge in [-0.2, -0.15) is 0 Å². The maximum atomic E-state index is 11.9. The summed E-state index contributed by atoms with van der Waals surface area (Å²) >= 11 is 0. The van der Waals surface area contributed by atoms with E-state index in [0.717, 1.165) is 72.9 Å². The molecule has 154 valence electrons. The van der Waals surface area contributed by atoms with Crippen molar-refractivity contribution < 1.29 is 0 Å². The highest BCUT2D eigenvalue weighted by atomic mass is 16.1. The molecule has 8 heteroatoms. The van der Waals surface area contributed by atoms with E-state index in [4.69, 9.17) is 0 Å². The number of anilines is 1. The Bertz CT molecular complexity index is 1270. The molecule has 0 unspecified atom stereocenters. The van der Waals surface area contributed by atoms with Gasteiger partial charge in [0.1, 0.15) is 5.82 Å². The highest BCUT2D eigenvalue weighted by molar-refractivity contribution is 5.74. The van der Waals surface area contributed by atoms with Crippen molar-refractivity contribution in [1.29, 1.82) is 0 Å². The van der Waals surface area contributed by atoms with E-state index in [1.165, 1.54) is 0 Å². The number of nitrogens with one attached hydrogen (secondary N) is 1. The van der Waals surface area contributed by atoms with Gasteiger partial charge in [0, 0.05) is 50.7 Å². The first-order chi connectivity index (χ1) is 14.6. The predicted octanol–water partition coefficient (Wildman–Crippen LogP) is 2.16. The van der Waals surface area contributed by atoms with Gasteiger partial charge >= 0.3 is 0 Å². The van der Waals surface area contributed by atoms with Crippen LogP contribution in [0.3, 0.4) is 0 Å². The third kappa shape index (κ3) is 3.54. The van der Waals surface area contributed by atoms with Gasteiger partial charge in [-0.05, 0) is 31.0 Å². The topological polar surface area (TPSA) is 82.4 Å². The smallest absolute Gasteiger partial charge is 0.251 e. The number of pyridine rings is 2. The maximum Gasteiger partial charge on any atom is 0.251 e. The molecule has 4 aromatic rings. The number of aromatic nitrogens is 5. The first-order valence-electron chi connectivity index (χ1n) is 10.4. The molecule has 0 radical (unpaired) electrons. The van der Waals surface area contributed by atoms with E-state index in [0.29, 0.717) is 5.56 Å². The van der Waals surface area contributed by atoms with Crippen LogP contribution in [0.1, 0.15) is 23.7 Å². The van der Waals surface area contributed by atoms with Gasteiger partial charge in [-0.15, -0.1) is 0 Å². The van der Waals surface area contributed by atoms with Gasteiger partial charge < -0.3 is 14.3 Å². The molecule has 8 nitrogen and oxygen atoms in total. The van der Waals surface area contributed by atoms with Gasteiger partial charge in [0.15, 0.2) is 5.65 Å². The van der Waals surface area contributed by atoms with E-state index < -0.39 is 0 Å². The summed E-state index contributed by atoms with van der Waals surface area (Å²) in [6.07, 6.45) is 8.83. The summed E-state index contributed by atoms with van der Waals surface area (Å²) in [6.45, 7) is 8.48. The van der Waals surface area contributed by atoms with Gasteiger partial charge in [-0.1, -0.05) is 6.92 Å². The lowest BCUT2D eigenvalue weighted by Gasteiger charge is -2.35. The maximum absolute atomic E-state index is 11.9. The third-order valence-corrected chi connectivity index (χ3v) is 5.78. The van der Waals surface area contributed by atoms with Crippen LogP contribution in [0.2, 0.25) is 0 Å². The number of hydrogen-bond acceptors (Lipinski definition) is 6. The van der Waals surface area contributed by atoms with Crippen LogP contribution in [0.4, 0.5) is 5.82 Å². The zero-order valence-electron chi connectivity index (χ0n) is 17.3. The van der Waals surface area contributed by atoms with Crippen LogP contribution in [-0.4, -0.2) is 55.4 Å². The Hall–Kier alpha value is -3.26. The number of H-pyrrole nitrogens is 1. The first kappa shape index (κ1) is 18.7. The van der Waals surface area contributed by atoms with Crippen molar-refractivity contribution >= 4 is 22.5 Å². The van der Waals surface area contributed by atoms with E-state index in [9.17, 15) is 4.79 Å².